The number of β-lactam (4-membered cyclic amide) rings is 1. The standard InChI is InChI=1S/C21H18ClN7O5S2/c1-34-26-13(12-16(22)36-21(23)25-12)17(30)24-14-18(31)29-15(20(32)33)10(8-35-19(14)29)6-27-7-11-4-2-3-5-28(11)9-27/h2-5,7,9,14,19H,6,8H2,1H3,(H3-,23,24,25,30,32,33)/p+1/t14-,19+/m1/s1. The van der Waals surface area contributed by atoms with Crippen molar-refractivity contribution in [2.24, 2.45) is 5.16 Å². The predicted molar refractivity (Wildman–Crippen MR) is 132 cm³/mol. The number of thioether (sulfide) groups is 1. The number of carbonyl (C=O) groups is 3. The minimum absolute atomic E-state index is 0.0313. The Hall–Kier alpha value is -3.62. The van der Waals surface area contributed by atoms with Crippen LogP contribution in [0.2, 0.25) is 4.34 Å². The number of nitrogens with two attached hydrogens (primary N) is 1. The summed E-state index contributed by atoms with van der Waals surface area (Å²) in [5.41, 5.74) is 6.93. The molecular weight excluding hydrogens is 530 g/mol. The van der Waals surface area contributed by atoms with Gasteiger partial charge in [-0.15, -0.1) is 11.8 Å². The number of imidazole rings is 1. The van der Waals surface area contributed by atoms with Gasteiger partial charge in [-0.3, -0.25) is 14.5 Å². The van der Waals surface area contributed by atoms with Crippen molar-refractivity contribution < 1.29 is 28.9 Å². The van der Waals surface area contributed by atoms with E-state index in [2.05, 4.69) is 15.5 Å². The van der Waals surface area contributed by atoms with Crippen LogP contribution in [0.5, 0.6) is 0 Å². The quantitative estimate of drug-likeness (QED) is 0.169. The molecule has 3 aromatic rings. The number of rotatable bonds is 7. The van der Waals surface area contributed by atoms with Gasteiger partial charge in [0.25, 0.3) is 11.8 Å². The lowest BCUT2D eigenvalue weighted by atomic mass is 10.0. The van der Waals surface area contributed by atoms with Crippen LogP contribution >= 0.6 is 34.7 Å². The van der Waals surface area contributed by atoms with Gasteiger partial charge in [0.2, 0.25) is 6.33 Å². The minimum atomic E-state index is -1.20. The van der Waals surface area contributed by atoms with E-state index in [1.807, 2.05) is 45.9 Å². The first kappa shape index (κ1) is 24.1. The van der Waals surface area contributed by atoms with Crippen LogP contribution in [0.4, 0.5) is 5.13 Å². The van der Waals surface area contributed by atoms with Crippen molar-refractivity contribution in [3.63, 3.8) is 0 Å². The van der Waals surface area contributed by atoms with E-state index in [9.17, 15) is 19.5 Å². The Balaban J connectivity index is 1.36. The number of carbonyl (C=O) groups excluding carboxylic acids is 2. The number of carboxylic acid groups (broad SMARTS) is 1. The highest BCUT2D eigenvalue weighted by Gasteiger charge is 2.54. The first-order chi connectivity index (χ1) is 17.3. The lowest BCUT2D eigenvalue weighted by Crippen LogP contribution is -2.71. The zero-order valence-electron chi connectivity index (χ0n) is 18.6. The van der Waals surface area contributed by atoms with Crippen LogP contribution in [-0.2, 0) is 25.8 Å². The van der Waals surface area contributed by atoms with Crippen molar-refractivity contribution in [1.82, 2.24) is 19.6 Å². The van der Waals surface area contributed by atoms with Crippen LogP contribution in [0.25, 0.3) is 5.52 Å². The fourth-order valence-electron chi connectivity index (χ4n) is 4.11. The number of amides is 2. The molecule has 12 nitrogen and oxygen atoms in total. The molecule has 0 bridgehead atoms. The number of fused-ring (bicyclic) bond motifs is 2. The molecule has 0 saturated carbocycles. The van der Waals surface area contributed by atoms with Crippen LogP contribution in [0.15, 0.2) is 53.3 Å². The van der Waals surface area contributed by atoms with Crippen molar-refractivity contribution in [1.29, 1.82) is 0 Å². The van der Waals surface area contributed by atoms with E-state index < -0.39 is 29.2 Å². The Labute approximate surface area is 217 Å². The summed E-state index contributed by atoms with van der Waals surface area (Å²) in [4.78, 5) is 48.1. The molecule has 0 aromatic carbocycles. The van der Waals surface area contributed by atoms with Gasteiger partial charge in [-0.05, 0) is 12.1 Å². The third kappa shape index (κ3) is 4.16. The van der Waals surface area contributed by atoms with Crippen molar-refractivity contribution in [2.75, 3.05) is 18.6 Å². The van der Waals surface area contributed by atoms with Crippen LogP contribution < -0.4 is 15.6 Å². The van der Waals surface area contributed by atoms with Gasteiger partial charge in [0.05, 0.1) is 6.20 Å². The van der Waals surface area contributed by atoms with Crippen LogP contribution in [0, 0.1) is 0 Å². The van der Waals surface area contributed by atoms with E-state index in [1.54, 1.807) is 0 Å². The normalized spacial score (nSPS) is 19.8. The van der Waals surface area contributed by atoms with Gasteiger partial charge in [-0.2, -0.15) is 0 Å². The molecule has 36 heavy (non-hydrogen) atoms. The number of carboxylic acids is 1. The summed E-state index contributed by atoms with van der Waals surface area (Å²) in [5.74, 6) is -2.12. The van der Waals surface area contributed by atoms with E-state index >= 15 is 0 Å². The topological polar surface area (TPSA) is 156 Å². The molecule has 0 aliphatic carbocycles. The Morgan fingerprint density at radius 2 is 2.25 bits per heavy atom. The number of halogens is 1. The Bertz CT molecular complexity index is 1430. The monoisotopic (exact) mass is 548 g/mol. The third-order valence-corrected chi connectivity index (χ3v) is 8.05. The number of oxime groups is 1. The molecule has 0 spiro atoms. The molecule has 2 aliphatic rings. The molecular formula is C21H19ClN7O5S2+. The second-order valence-corrected chi connectivity index (χ2v) is 10.6. The smallest absolute Gasteiger partial charge is 0.352 e. The molecule has 5 heterocycles. The summed E-state index contributed by atoms with van der Waals surface area (Å²) < 4.78 is 3.93. The second kappa shape index (κ2) is 9.44. The Morgan fingerprint density at radius 3 is 2.92 bits per heavy atom. The van der Waals surface area contributed by atoms with Gasteiger partial charge in [-0.1, -0.05) is 34.2 Å². The van der Waals surface area contributed by atoms with Gasteiger partial charge in [0.15, 0.2) is 16.4 Å². The van der Waals surface area contributed by atoms with Gasteiger partial charge in [-0.25, -0.2) is 18.7 Å². The van der Waals surface area contributed by atoms with Gasteiger partial charge >= 0.3 is 5.97 Å². The lowest BCUT2D eigenvalue weighted by molar-refractivity contribution is -0.687. The SMILES string of the molecule is CON=C(C(=O)N[C@@H]1C(=O)N2C(C(=O)O)=C(C[n+]3cc4ccccn4c3)CS[C@@H]12)c1nc(N)sc1Cl. The molecule has 0 radical (unpaired) electrons. The molecule has 4 N–H and O–H groups in total. The van der Waals surface area contributed by atoms with E-state index in [-0.39, 0.29) is 26.6 Å². The highest BCUT2D eigenvalue weighted by molar-refractivity contribution is 8.00. The van der Waals surface area contributed by atoms with Gasteiger partial charge in [0, 0.05) is 11.3 Å². The maximum atomic E-state index is 13.0. The average Bonchev–Trinajstić information content (AvgIpc) is 3.41. The van der Waals surface area contributed by atoms with E-state index in [0.717, 1.165) is 16.9 Å². The molecule has 2 aliphatic heterocycles. The summed E-state index contributed by atoms with van der Waals surface area (Å²) in [6.07, 6.45) is 5.65. The second-order valence-electron chi connectivity index (χ2n) is 7.86. The number of pyridine rings is 1. The van der Waals surface area contributed by atoms with Crippen molar-refractivity contribution in [3.8, 4) is 0 Å². The maximum absolute atomic E-state index is 13.0. The largest absolute Gasteiger partial charge is 0.477 e. The summed E-state index contributed by atoms with van der Waals surface area (Å²) in [6.45, 7) is 0.304. The molecule has 186 valence electrons. The van der Waals surface area contributed by atoms with E-state index in [4.69, 9.17) is 22.2 Å². The number of nitrogens with one attached hydrogen (secondary N) is 1. The third-order valence-electron chi connectivity index (χ3n) is 5.63. The van der Waals surface area contributed by atoms with Crippen LogP contribution in [0.1, 0.15) is 5.69 Å². The van der Waals surface area contributed by atoms with Crippen molar-refractivity contribution in [2.45, 2.75) is 18.0 Å². The summed E-state index contributed by atoms with van der Waals surface area (Å²) in [7, 11) is 1.25. The number of hydrogen-bond acceptors (Lipinski definition) is 9. The zero-order chi connectivity index (χ0) is 25.6. The highest BCUT2D eigenvalue weighted by atomic mass is 35.5. The molecule has 5 rings (SSSR count). The van der Waals surface area contributed by atoms with Crippen molar-refractivity contribution in [3.05, 3.63) is 58.2 Å². The average molecular weight is 549 g/mol. The Kier molecular flexibility index (Phi) is 6.32. The summed E-state index contributed by atoms with van der Waals surface area (Å²) in [6, 6.07) is 4.79. The number of nitrogens with zero attached hydrogens (tertiary/aromatic N) is 5. The van der Waals surface area contributed by atoms with Crippen molar-refractivity contribution >= 4 is 68.8 Å². The fourth-order valence-corrected chi connectivity index (χ4v) is 6.38. The number of aliphatic carboxylic acids is 1. The molecule has 3 aromatic heterocycles. The number of thiazole rings is 1. The predicted octanol–water partition coefficient (Wildman–Crippen LogP) is 0.708. The van der Waals surface area contributed by atoms with Crippen LogP contribution in [0.3, 0.4) is 0 Å². The number of anilines is 1. The molecule has 2 amide bonds. The van der Waals surface area contributed by atoms with Gasteiger partial charge in [0.1, 0.15) is 47.0 Å². The molecule has 0 unspecified atom stereocenters. The minimum Gasteiger partial charge on any atom is -0.477 e. The first-order valence-electron chi connectivity index (χ1n) is 10.5. The maximum Gasteiger partial charge on any atom is 0.352 e. The Morgan fingerprint density at radius 1 is 1.44 bits per heavy atom. The van der Waals surface area contributed by atoms with E-state index in [0.29, 0.717) is 17.9 Å². The van der Waals surface area contributed by atoms with Gasteiger partial charge < -0.3 is 21.0 Å². The lowest BCUT2D eigenvalue weighted by Gasteiger charge is -2.49. The first-order valence-corrected chi connectivity index (χ1v) is 12.7. The number of hydrogen-bond donors (Lipinski definition) is 3. The van der Waals surface area contributed by atoms with E-state index in [1.165, 1.54) is 23.8 Å². The van der Waals surface area contributed by atoms with Crippen LogP contribution in [-0.4, -0.2) is 67.2 Å². The highest BCUT2D eigenvalue weighted by Crippen LogP contribution is 2.40. The summed E-state index contributed by atoms with van der Waals surface area (Å²) >= 11 is 8.45. The molecule has 1 fully saturated rings. The summed E-state index contributed by atoms with van der Waals surface area (Å²) in [5, 5.41) is 15.8. The molecule has 1 saturated heterocycles. The number of aromatic nitrogens is 3. The zero-order valence-corrected chi connectivity index (χ0v) is 21.0. The molecule has 2 atom stereocenters. The molecule has 15 heteroatoms. The number of nitrogen functional groups attached to an aromatic ring is 1. The fraction of sp³-hybridized carbons (Fsp3) is 0.238.